The maximum atomic E-state index is 17.4. The molecule has 0 spiro atoms. The van der Waals surface area contributed by atoms with Crippen LogP contribution in [0.4, 0.5) is 14.0 Å². The van der Waals surface area contributed by atoms with Gasteiger partial charge in [0.2, 0.25) is 0 Å². The first kappa shape index (κ1) is 37.4. The normalized spacial score (nSPS) is 25.5. The number of carbonyl (C=O) groups is 2. The number of nitriles is 1. The molecule has 5 aliphatic rings. The van der Waals surface area contributed by atoms with Crippen LogP contribution in [0.3, 0.4) is 0 Å². The van der Waals surface area contributed by atoms with Crippen molar-refractivity contribution < 1.29 is 23.5 Å². The quantitative estimate of drug-likeness (QED) is 0.129. The minimum absolute atomic E-state index is 0.0648. The number of benzene rings is 2. The first-order valence-electron chi connectivity index (χ1n) is 18.4. The van der Waals surface area contributed by atoms with Crippen LogP contribution in [0.15, 0.2) is 35.4 Å². The average molecular weight is 806 g/mol. The van der Waals surface area contributed by atoms with E-state index in [0.29, 0.717) is 51.0 Å². The second-order valence-corrected chi connectivity index (χ2v) is 18.0. The summed E-state index contributed by atoms with van der Waals surface area (Å²) < 4.78 is 31.3. The summed E-state index contributed by atoms with van der Waals surface area (Å²) in [6, 6.07) is 11.4. The highest BCUT2D eigenvalue weighted by Crippen LogP contribution is 2.60. The van der Waals surface area contributed by atoms with E-state index < -0.39 is 11.4 Å². The number of ether oxygens (including phenoxy) is 2. The highest BCUT2D eigenvalue weighted by molar-refractivity contribution is 7.98. The van der Waals surface area contributed by atoms with E-state index in [0.717, 1.165) is 29.4 Å². The van der Waals surface area contributed by atoms with Crippen molar-refractivity contribution in [1.82, 2.24) is 19.4 Å². The third-order valence-corrected chi connectivity index (χ3v) is 13.5. The Bertz CT molecular complexity index is 2260. The van der Waals surface area contributed by atoms with Crippen molar-refractivity contribution in [2.24, 2.45) is 17.8 Å². The van der Waals surface area contributed by atoms with Gasteiger partial charge in [-0.05, 0) is 87.9 Å². The number of halogens is 3. The van der Waals surface area contributed by atoms with Gasteiger partial charge in [0.1, 0.15) is 16.1 Å². The highest BCUT2D eigenvalue weighted by Gasteiger charge is 2.62. The Balaban J connectivity index is 1.39. The molecular formula is C40H41Cl2FN5O4SSi. The Hall–Kier alpha value is -3.50. The number of aromatic nitrogens is 2. The summed E-state index contributed by atoms with van der Waals surface area (Å²) >= 11 is 14.6. The van der Waals surface area contributed by atoms with E-state index in [1.165, 1.54) is 11.8 Å². The van der Waals surface area contributed by atoms with Gasteiger partial charge in [0.25, 0.3) is 0 Å². The number of hydrogen-bond acceptors (Lipinski definition) is 7. The molecule has 2 bridgehead atoms. The Kier molecular flexibility index (Phi) is 9.64. The molecule has 281 valence electrons. The predicted octanol–water partition coefficient (Wildman–Crippen LogP) is 9.77. The summed E-state index contributed by atoms with van der Waals surface area (Å²) in [6.45, 7) is 8.55. The molecule has 0 unspecified atom stereocenters. The van der Waals surface area contributed by atoms with E-state index in [9.17, 15) is 14.9 Å². The molecule has 2 aliphatic carbocycles. The van der Waals surface area contributed by atoms with Crippen LogP contribution in [-0.2, 0) is 15.9 Å². The second-order valence-electron chi connectivity index (χ2n) is 15.9. The molecule has 2 amide bonds. The summed E-state index contributed by atoms with van der Waals surface area (Å²) in [5.41, 5.74) is 2.57. The van der Waals surface area contributed by atoms with Crippen molar-refractivity contribution in [3.63, 3.8) is 0 Å². The number of thioether (sulfide) groups is 1. The predicted molar refractivity (Wildman–Crippen MR) is 210 cm³/mol. The second kappa shape index (κ2) is 13.9. The van der Waals surface area contributed by atoms with Gasteiger partial charge in [-0.1, -0.05) is 42.3 Å². The number of rotatable bonds is 8. The van der Waals surface area contributed by atoms with E-state index in [1.807, 2.05) is 42.9 Å². The van der Waals surface area contributed by atoms with E-state index >= 15 is 4.39 Å². The third-order valence-electron chi connectivity index (χ3n) is 11.7. The molecule has 14 heteroatoms. The molecule has 9 nitrogen and oxygen atoms in total. The van der Waals surface area contributed by atoms with Crippen LogP contribution in [0.25, 0.3) is 32.9 Å². The van der Waals surface area contributed by atoms with Crippen molar-refractivity contribution >= 4 is 79.2 Å². The summed E-state index contributed by atoms with van der Waals surface area (Å²) in [5, 5.41) is 12.3. The van der Waals surface area contributed by atoms with Crippen molar-refractivity contribution in [3.05, 3.63) is 57.5 Å². The molecule has 2 aromatic heterocycles. The van der Waals surface area contributed by atoms with Crippen LogP contribution in [0.1, 0.15) is 70.3 Å². The average Bonchev–Trinajstić information content (AvgIpc) is 3.66. The standard InChI is InChI=1S/C40H41Cl2FN5O4SSi/c1-19-23-16-28(48(34(19)23)39(50)51-12-13-54)27-17-25-36(47(27)35-21-15-29(35)46(18-21)38(49)52-40(2,3)4)24-14-20(8-7-11-44)30(22-9-6-10-26(41)31(22)42)32(43)33(24)45-37(25)53-5/h6,9-10,14,17,19,21,23,28-29,34-35H,7-8,12-13,15-16,18H2,1-5H3/t19-,21-,23+,28-,29-,34-,35+/m1/s1. The zero-order valence-corrected chi connectivity index (χ0v) is 34.1. The Morgan fingerprint density at radius 3 is 2.63 bits per heavy atom. The van der Waals surface area contributed by atoms with Crippen molar-refractivity contribution in [1.29, 1.82) is 5.26 Å². The van der Waals surface area contributed by atoms with Gasteiger partial charge in [0.15, 0.2) is 5.82 Å². The molecule has 4 aromatic rings. The van der Waals surface area contributed by atoms with Gasteiger partial charge in [-0.15, -0.1) is 11.8 Å². The SMILES string of the molecule is CSc1nc2c(F)c(-c3cccc(Cl)c3Cl)c(CCC#N)cc2c2c1cc([C@H]1C[C@H]3[C@@H](C)[C@H]3N1C(=O)OCC[Si])n2[C@H]1[C@@H]2C[C@H]1N(C(=O)OC(C)(C)C)C2. The van der Waals surface area contributed by atoms with Gasteiger partial charge in [-0.25, -0.2) is 19.0 Å². The summed E-state index contributed by atoms with van der Waals surface area (Å²) in [7, 11) is 3.44. The number of hydrogen-bond donors (Lipinski definition) is 0. The number of carbonyl (C=O) groups excluding carboxylic acids is 2. The zero-order valence-electron chi connectivity index (χ0n) is 30.8. The van der Waals surface area contributed by atoms with Gasteiger partial charge >= 0.3 is 12.2 Å². The molecule has 3 radical (unpaired) electrons. The number of piperidine rings is 1. The number of pyridine rings is 1. The lowest BCUT2D eigenvalue weighted by molar-refractivity contribution is 0.0208. The molecule has 54 heavy (non-hydrogen) atoms. The van der Waals surface area contributed by atoms with Gasteiger partial charge in [-0.3, -0.25) is 4.90 Å². The van der Waals surface area contributed by atoms with Crippen LogP contribution in [0.5, 0.6) is 0 Å². The van der Waals surface area contributed by atoms with E-state index in [4.69, 9.17) is 37.7 Å². The Morgan fingerprint density at radius 1 is 1.15 bits per heavy atom. The van der Waals surface area contributed by atoms with Crippen molar-refractivity contribution in [2.75, 3.05) is 19.4 Å². The number of likely N-dealkylation sites (tertiary alicyclic amines) is 1. The van der Waals surface area contributed by atoms with Crippen LogP contribution in [-0.4, -0.2) is 78.9 Å². The van der Waals surface area contributed by atoms with Crippen LogP contribution in [0, 0.1) is 34.9 Å². The third kappa shape index (κ3) is 5.96. The topological polar surface area (TPSA) is 101 Å². The largest absolute Gasteiger partial charge is 0.450 e. The van der Waals surface area contributed by atoms with E-state index in [2.05, 4.69) is 33.9 Å². The monoisotopic (exact) mass is 804 g/mol. The zero-order chi connectivity index (χ0) is 38.4. The fourth-order valence-electron chi connectivity index (χ4n) is 9.38. The lowest BCUT2D eigenvalue weighted by atomic mass is 9.79. The number of nitrogens with zero attached hydrogens (tertiary/aromatic N) is 5. The van der Waals surface area contributed by atoms with Crippen LogP contribution >= 0.6 is 35.0 Å². The maximum absolute atomic E-state index is 17.4. The minimum Gasteiger partial charge on any atom is -0.450 e. The molecule has 3 saturated heterocycles. The van der Waals surface area contributed by atoms with Crippen LogP contribution < -0.4 is 0 Å². The number of fused-ring (bicyclic) bond motifs is 5. The van der Waals surface area contributed by atoms with E-state index in [1.54, 1.807) is 18.2 Å². The molecule has 2 saturated carbocycles. The fraction of sp³-hybridized carbons (Fsp3) is 0.500. The molecule has 7 atom stereocenters. The summed E-state index contributed by atoms with van der Waals surface area (Å²) in [4.78, 5) is 36.1. The van der Waals surface area contributed by atoms with Gasteiger partial charge in [0.05, 0.1) is 46.4 Å². The first-order valence-corrected chi connectivity index (χ1v) is 21.1. The highest BCUT2D eigenvalue weighted by atomic mass is 35.5. The molecular weight excluding hydrogens is 765 g/mol. The van der Waals surface area contributed by atoms with Gasteiger partial charge < -0.3 is 18.9 Å². The lowest BCUT2D eigenvalue weighted by Crippen LogP contribution is -2.45. The van der Waals surface area contributed by atoms with Gasteiger partial charge in [0, 0.05) is 62.8 Å². The smallest absolute Gasteiger partial charge is 0.410 e. The summed E-state index contributed by atoms with van der Waals surface area (Å²) in [6.07, 6.45) is 3.24. The van der Waals surface area contributed by atoms with Crippen molar-refractivity contribution in [2.45, 2.75) is 94.2 Å². The first-order chi connectivity index (χ1) is 25.8. The fourth-order valence-corrected chi connectivity index (χ4v) is 10.4. The Labute approximate surface area is 331 Å². The van der Waals surface area contributed by atoms with Crippen LogP contribution in [0.2, 0.25) is 16.1 Å². The molecule has 9 rings (SSSR count). The molecule has 2 aromatic carbocycles. The van der Waals surface area contributed by atoms with E-state index in [-0.39, 0.29) is 77.8 Å². The van der Waals surface area contributed by atoms with Crippen molar-refractivity contribution in [3.8, 4) is 17.2 Å². The summed E-state index contributed by atoms with van der Waals surface area (Å²) in [5.74, 6) is 0.270. The molecule has 3 aliphatic heterocycles. The van der Waals surface area contributed by atoms with Gasteiger partial charge in [-0.2, -0.15) is 5.26 Å². The lowest BCUT2D eigenvalue weighted by Gasteiger charge is -2.41. The maximum Gasteiger partial charge on any atom is 0.410 e. The molecule has 5 heterocycles. The number of amides is 2. The minimum atomic E-state index is -0.654. The Morgan fingerprint density at radius 2 is 1.93 bits per heavy atom. The molecule has 5 fully saturated rings. The molecule has 0 N–H and O–H groups in total. The number of aryl methyl sites for hydroxylation is 1.